The summed E-state index contributed by atoms with van der Waals surface area (Å²) in [6.07, 6.45) is 3.13. The number of rotatable bonds is 1. The maximum atomic E-state index is 8.67. The Bertz CT molecular complexity index is 484. The van der Waals surface area contributed by atoms with Gasteiger partial charge in [0.15, 0.2) is 0 Å². The van der Waals surface area contributed by atoms with Crippen molar-refractivity contribution in [1.82, 2.24) is 14.8 Å². The lowest BCUT2D eigenvalue weighted by Gasteiger charge is -2.01. The largest absolute Gasteiger partial charge is 0.288 e. The van der Waals surface area contributed by atoms with Gasteiger partial charge in [0.1, 0.15) is 18.7 Å². The third-order valence-electron chi connectivity index (χ3n) is 1.79. The van der Waals surface area contributed by atoms with Gasteiger partial charge in [0.2, 0.25) is 0 Å². The van der Waals surface area contributed by atoms with Gasteiger partial charge in [-0.05, 0) is 18.2 Å². The van der Waals surface area contributed by atoms with Crippen LogP contribution < -0.4 is 0 Å². The number of hydrogen-bond acceptors (Lipinski definition) is 3. The number of hydrogen-bond donors (Lipinski definition) is 0. The van der Waals surface area contributed by atoms with E-state index in [-0.39, 0.29) is 0 Å². The van der Waals surface area contributed by atoms with E-state index >= 15 is 0 Å². The molecule has 0 spiro atoms. The van der Waals surface area contributed by atoms with E-state index in [0.717, 1.165) is 5.69 Å². The second-order valence-electron chi connectivity index (χ2n) is 2.65. The van der Waals surface area contributed by atoms with Crippen LogP contribution in [-0.4, -0.2) is 14.8 Å². The van der Waals surface area contributed by atoms with Crippen LogP contribution in [0, 0.1) is 11.3 Å². The van der Waals surface area contributed by atoms with Gasteiger partial charge in [-0.15, -0.1) is 10.2 Å². The predicted molar refractivity (Wildman–Crippen MR) is 51.1 cm³/mol. The van der Waals surface area contributed by atoms with Gasteiger partial charge in [-0.3, -0.25) is 4.57 Å². The van der Waals surface area contributed by atoms with Crippen molar-refractivity contribution >= 4 is 11.6 Å². The highest BCUT2D eigenvalue weighted by atomic mass is 35.5. The zero-order valence-corrected chi connectivity index (χ0v) is 7.81. The zero-order valence-electron chi connectivity index (χ0n) is 7.05. The first kappa shape index (κ1) is 8.73. The fraction of sp³-hybridized carbons (Fsp3) is 0. The first-order valence-electron chi connectivity index (χ1n) is 3.86. The summed E-state index contributed by atoms with van der Waals surface area (Å²) in [5, 5.41) is 16.5. The van der Waals surface area contributed by atoms with Crippen molar-refractivity contribution in [2.24, 2.45) is 0 Å². The molecule has 0 atom stereocenters. The standard InChI is InChI=1S/C9H5ClN4/c10-9-3-8(2-1-7(9)4-11)14-5-12-13-6-14/h1-3,5-6H. The fourth-order valence-electron chi connectivity index (χ4n) is 1.09. The number of halogens is 1. The molecule has 0 saturated heterocycles. The molecule has 1 heterocycles. The summed E-state index contributed by atoms with van der Waals surface area (Å²) in [6, 6.07) is 7.14. The van der Waals surface area contributed by atoms with Gasteiger partial charge < -0.3 is 0 Å². The highest BCUT2D eigenvalue weighted by molar-refractivity contribution is 6.31. The van der Waals surface area contributed by atoms with Crippen LogP contribution in [0.2, 0.25) is 5.02 Å². The molecule has 0 aliphatic rings. The maximum absolute atomic E-state index is 8.67. The molecule has 0 bridgehead atoms. The van der Waals surface area contributed by atoms with Crippen LogP contribution in [0.15, 0.2) is 30.9 Å². The second kappa shape index (κ2) is 3.48. The lowest BCUT2D eigenvalue weighted by atomic mass is 10.2. The van der Waals surface area contributed by atoms with Crippen molar-refractivity contribution in [2.45, 2.75) is 0 Å². The van der Waals surface area contributed by atoms with Crippen LogP contribution in [-0.2, 0) is 0 Å². The Morgan fingerprint density at radius 3 is 2.57 bits per heavy atom. The molecule has 0 fully saturated rings. The van der Waals surface area contributed by atoms with Gasteiger partial charge in [-0.1, -0.05) is 11.6 Å². The minimum atomic E-state index is 0.429. The van der Waals surface area contributed by atoms with Crippen LogP contribution >= 0.6 is 11.6 Å². The van der Waals surface area contributed by atoms with E-state index in [1.807, 2.05) is 6.07 Å². The van der Waals surface area contributed by atoms with Gasteiger partial charge in [0, 0.05) is 5.69 Å². The molecule has 1 aromatic carbocycles. The molecule has 0 unspecified atom stereocenters. The highest BCUT2D eigenvalue weighted by Crippen LogP contribution is 2.18. The average molecular weight is 205 g/mol. The summed E-state index contributed by atoms with van der Waals surface area (Å²) in [6.45, 7) is 0. The summed E-state index contributed by atoms with van der Waals surface area (Å²) >= 11 is 5.87. The molecule has 2 rings (SSSR count). The summed E-state index contributed by atoms with van der Waals surface area (Å²) < 4.78 is 1.72. The molecule has 0 radical (unpaired) electrons. The number of nitriles is 1. The third-order valence-corrected chi connectivity index (χ3v) is 2.10. The van der Waals surface area contributed by atoms with E-state index in [9.17, 15) is 0 Å². The smallest absolute Gasteiger partial charge is 0.123 e. The van der Waals surface area contributed by atoms with E-state index in [2.05, 4.69) is 10.2 Å². The van der Waals surface area contributed by atoms with Crippen LogP contribution in [0.4, 0.5) is 0 Å². The Balaban J connectivity index is 2.49. The molecular formula is C9H5ClN4. The molecule has 0 N–H and O–H groups in total. The van der Waals surface area contributed by atoms with Crippen molar-refractivity contribution in [1.29, 1.82) is 5.26 Å². The molecule has 0 aliphatic carbocycles. The van der Waals surface area contributed by atoms with Crippen molar-refractivity contribution in [3.05, 3.63) is 41.4 Å². The van der Waals surface area contributed by atoms with Crippen molar-refractivity contribution in [2.75, 3.05) is 0 Å². The zero-order chi connectivity index (χ0) is 9.97. The molecule has 2 aromatic rings. The topological polar surface area (TPSA) is 54.5 Å². The predicted octanol–water partition coefficient (Wildman–Crippen LogP) is 1.79. The van der Waals surface area contributed by atoms with E-state index < -0.39 is 0 Å². The van der Waals surface area contributed by atoms with Crippen LogP contribution in [0.3, 0.4) is 0 Å². The monoisotopic (exact) mass is 204 g/mol. The lowest BCUT2D eigenvalue weighted by Crippen LogP contribution is -1.90. The summed E-state index contributed by atoms with van der Waals surface area (Å²) in [5.74, 6) is 0. The van der Waals surface area contributed by atoms with Gasteiger partial charge in [0.05, 0.1) is 10.6 Å². The van der Waals surface area contributed by atoms with E-state index in [0.29, 0.717) is 10.6 Å². The molecule has 0 aliphatic heterocycles. The first-order chi connectivity index (χ1) is 6.81. The average Bonchev–Trinajstić information content (AvgIpc) is 2.70. The van der Waals surface area contributed by atoms with Gasteiger partial charge in [0.25, 0.3) is 0 Å². The third kappa shape index (κ3) is 1.45. The van der Waals surface area contributed by atoms with Crippen molar-refractivity contribution in [3.63, 3.8) is 0 Å². The van der Waals surface area contributed by atoms with Crippen LogP contribution in [0.25, 0.3) is 5.69 Å². The van der Waals surface area contributed by atoms with Crippen LogP contribution in [0.5, 0.6) is 0 Å². The van der Waals surface area contributed by atoms with E-state index in [4.69, 9.17) is 16.9 Å². The second-order valence-corrected chi connectivity index (χ2v) is 3.05. The lowest BCUT2D eigenvalue weighted by molar-refractivity contribution is 1.06. The SMILES string of the molecule is N#Cc1ccc(-n2cnnc2)cc1Cl. The van der Waals surface area contributed by atoms with Crippen LogP contribution in [0.1, 0.15) is 5.56 Å². The molecule has 0 saturated carbocycles. The highest BCUT2D eigenvalue weighted by Gasteiger charge is 2.01. The number of benzene rings is 1. The Hall–Kier alpha value is -1.86. The number of aromatic nitrogens is 3. The minimum absolute atomic E-state index is 0.429. The molecule has 1 aromatic heterocycles. The Morgan fingerprint density at radius 1 is 1.29 bits per heavy atom. The summed E-state index contributed by atoms with van der Waals surface area (Å²) in [5.41, 5.74) is 1.29. The van der Waals surface area contributed by atoms with Crippen molar-refractivity contribution in [3.8, 4) is 11.8 Å². The Labute approximate surface area is 85.4 Å². The molecular weight excluding hydrogens is 200 g/mol. The van der Waals surface area contributed by atoms with Gasteiger partial charge >= 0.3 is 0 Å². The summed E-state index contributed by atoms with van der Waals surface area (Å²) in [4.78, 5) is 0. The molecule has 4 nitrogen and oxygen atoms in total. The summed E-state index contributed by atoms with van der Waals surface area (Å²) in [7, 11) is 0. The molecule has 14 heavy (non-hydrogen) atoms. The Morgan fingerprint density at radius 2 is 2.00 bits per heavy atom. The van der Waals surface area contributed by atoms with E-state index in [1.165, 1.54) is 0 Å². The maximum Gasteiger partial charge on any atom is 0.123 e. The normalized spacial score (nSPS) is 9.71. The first-order valence-corrected chi connectivity index (χ1v) is 4.23. The van der Waals surface area contributed by atoms with Gasteiger partial charge in [-0.2, -0.15) is 5.26 Å². The Kier molecular flexibility index (Phi) is 2.17. The quantitative estimate of drug-likeness (QED) is 0.712. The molecule has 68 valence electrons. The van der Waals surface area contributed by atoms with E-state index in [1.54, 1.807) is 35.4 Å². The minimum Gasteiger partial charge on any atom is -0.288 e. The fourth-order valence-corrected chi connectivity index (χ4v) is 1.31. The van der Waals surface area contributed by atoms with Gasteiger partial charge in [-0.25, -0.2) is 0 Å². The molecule has 5 heteroatoms. The molecule has 0 amide bonds. The van der Waals surface area contributed by atoms with Crippen molar-refractivity contribution < 1.29 is 0 Å². The number of nitrogens with zero attached hydrogens (tertiary/aromatic N) is 4.